The summed E-state index contributed by atoms with van der Waals surface area (Å²) in [5.74, 6) is 2.26. The lowest BCUT2D eigenvalue weighted by atomic mass is 9.85. The maximum absolute atomic E-state index is 3.64. The highest BCUT2D eigenvalue weighted by Crippen LogP contribution is 2.19. The van der Waals surface area contributed by atoms with E-state index in [1.54, 1.807) is 0 Å². The summed E-state index contributed by atoms with van der Waals surface area (Å²) >= 11 is 0. The first-order valence-corrected chi connectivity index (χ1v) is 7.33. The van der Waals surface area contributed by atoms with Crippen LogP contribution in [0.3, 0.4) is 0 Å². The minimum Gasteiger partial charge on any atom is -0.312 e. The largest absolute Gasteiger partial charge is 0.312 e. The fourth-order valence-corrected chi connectivity index (χ4v) is 2.69. The highest BCUT2D eigenvalue weighted by molar-refractivity contribution is 5.26. The monoisotopic (exact) mass is 247 g/mol. The van der Waals surface area contributed by atoms with Gasteiger partial charge in [-0.1, -0.05) is 58.9 Å². The number of rotatable bonds is 7. The van der Waals surface area contributed by atoms with E-state index >= 15 is 0 Å². The molecule has 1 aromatic rings. The summed E-state index contributed by atoms with van der Waals surface area (Å²) in [7, 11) is 0. The standard InChI is InChI=1S/C17H29N/c1-6-15-9-7-8-10-16(15)11-18-12-17(13(2)3)14(4)5/h7-10,13-14,17-18H,6,11-12H2,1-5H3. The molecule has 0 unspecified atom stereocenters. The highest BCUT2D eigenvalue weighted by Gasteiger charge is 2.16. The van der Waals surface area contributed by atoms with Crippen LogP contribution >= 0.6 is 0 Å². The van der Waals surface area contributed by atoms with Gasteiger partial charge in [-0.2, -0.15) is 0 Å². The quantitative estimate of drug-likeness (QED) is 0.759. The molecule has 1 aromatic carbocycles. The van der Waals surface area contributed by atoms with Gasteiger partial charge >= 0.3 is 0 Å². The second kappa shape index (κ2) is 7.58. The molecule has 0 heterocycles. The van der Waals surface area contributed by atoms with Gasteiger partial charge in [-0.25, -0.2) is 0 Å². The lowest BCUT2D eigenvalue weighted by molar-refractivity contribution is 0.275. The van der Waals surface area contributed by atoms with Gasteiger partial charge in [0.05, 0.1) is 0 Å². The van der Waals surface area contributed by atoms with Crippen molar-refractivity contribution in [2.45, 2.75) is 47.6 Å². The van der Waals surface area contributed by atoms with Gasteiger partial charge in [-0.15, -0.1) is 0 Å². The van der Waals surface area contributed by atoms with Crippen LogP contribution < -0.4 is 5.32 Å². The second-order valence-electron chi connectivity index (χ2n) is 5.91. The second-order valence-corrected chi connectivity index (χ2v) is 5.91. The van der Waals surface area contributed by atoms with Crippen molar-refractivity contribution in [2.75, 3.05) is 6.54 Å². The van der Waals surface area contributed by atoms with E-state index in [1.165, 1.54) is 11.1 Å². The molecule has 102 valence electrons. The molecule has 1 heteroatoms. The van der Waals surface area contributed by atoms with E-state index in [-0.39, 0.29) is 0 Å². The van der Waals surface area contributed by atoms with Gasteiger partial charge in [-0.3, -0.25) is 0 Å². The van der Waals surface area contributed by atoms with E-state index in [2.05, 4.69) is 64.2 Å². The minimum atomic E-state index is 0.749. The molecule has 0 fully saturated rings. The molecular formula is C17H29N. The van der Waals surface area contributed by atoms with E-state index in [0.717, 1.165) is 37.3 Å². The molecule has 18 heavy (non-hydrogen) atoms. The lowest BCUT2D eigenvalue weighted by Gasteiger charge is -2.25. The van der Waals surface area contributed by atoms with Gasteiger partial charge in [0.1, 0.15) is 0 Å². The van der Waals surface area contributed by atoms with Crippen LogP contribution in [0.25, 0.3) is 0 Å². The molecule has 0 bridgehead atoms. The maximum atomic E-state index is 3.64. The van der Waals surface area contributed by atoms with Crippen molar-refractivity contribution in [3.63, 3.8) is 0 Å². The Morgan fingerprint density at radius 2 is 1.50 bits per heavy atom. The SMILES string of the molecule is CCc1ccccc1CNCC(C(C)C)C(C)C. The maximum Gasteiger partial charge on any atom is 0.0208 e. The first-order chi connectivity index (χ1) is 8.56. The fraction of sp³-hybridized carbons (Fsp3) is 0.647. The number of benzene rings is 1. The lowest BCUT2D eigenvalue weighted by Crippen LogP contribution is -2.29. The summed E-state index contributed by atoms with van der Waals surface area (Å²) in [4.78, 5) is 0. The van der Waals surface area contributed by atoms with Gasteiger partial charge in [0.15, 0.2) is 0 Å². The van der Waals surface area contributed by atoms with E-state index in [0.29, 0.717) is 0 Å². The number of hydrogen-bond acceptors (Lipinski definition) is 1. The molecule has 1 N–H and O–H groups in total. The Labute approximate surface area is 113 Å². The van der Waals surface area contributed by atoms with Crippen molar-refractivity contribution >= 4 is 0 Å². The van der Waals surface area contributed by atoms with E-state index in [9.17, 15) is 0 Å². The van der Waals surface area contributed by atoms with Crippen LogP contribution in [0.5, 0.6) is 0 Å². The topological polar surface area (TPSA) is 12.0 Å². The molecule has 0 saturated heterocycles. The van der Waals surface area contributed by atoms with Crippen LogP contribution in [0.15, 0.2) is 24.3 Å². The van der Waals surface area contributed by atoms with Crippen LogP contribution in [-0.4, -0.2) is 6.54 Å². The number of aryl methyl sites for hydroxylation is 1. The molecule has 0 atom stereocenters. The Kier molecular flexibility index (Phi) is 6.42. The summed E-state index contributed by atoms with van der Waals surface area (Å²) in [5.41, 5.74) is 2.92. The molecule has 0 aliphatic heterocycles. The smallest absolute Gasteiger partial charge is 0.0208 e. The summed E-state index contributed by atoms with van der Waals surface area (Å²) in [6, 6.07) is 8.75. The Hall–Kier alpha value is -0.820. The zero-order valence-electron chi connectivity index (χ0n) is 12.7. The third kappa shape index (κ3) is 4.45. The Bertz CT molecular complexity index is 333. The van der Waals surface area contributed by atoms with E-state index < -0.39 is 0 Å². The normalized spacial score (nSPS) is 11.8. The number of hydrogen-bond donors (Lipinski definition) is 1. The first kappa shape index (κ1) is 15.2. The predicted molar refractivity (Wildman–Crippen MR) is 80.7 cm³/mol. The molecule has 1 rings (SSSR count). The van der Waals surface area contributed by atoms with Gasteiger partial charge in [0.2, 0.25) is 0 Å². The molecule has 0 aliphatic rings. The summed E-state index contributed by atoms with van der Waals surface area (Å²) in [5, 5.41) is 3.64. The van der Waals surface area contributed by atoms with Crippen LogP contribution in [0.1, 0.15) is 45.7 Å². The molecule has 0 amide bonds. The molecule has 0 aromatic heterocycles. The van der Waals surface area contributed by atoms with Crippen LogP contribution in [0, 0.1) is 17.8 Å². The molecule has 0 spiro atoms. The number of nitrogens with one attached hydrogen (secondary N) is 1. The molecule has 0 saturated carbocycles. The van der Waals surface area contributed by atoms with Crippen LogP contribution in [0.2, 0.25) is 0 Å². The molecule has 1 nitrogen and oxygen atoms in total. The fourth-order valence-electron chi connectivity index (χ4n) is 2.69. The molecule has 0 aliphatic carbocycles. The average molecular weight is 247 g/mol. The van der Waals surface area contributed by atoms with Crippen molar-refractivity contribution in [3.05, 3.63) is 35.4 Å². The predicted octanol–water partition coefficient (Wildman–Crippen LogP) is 4.27. The van der Waals surface area contributed by atoms with Gasteiger partial charge in [0, 0.05) is 6.54 Å². The zero-order valence-corrected chi connectivity index (χ0v) is 12.7. The third-order valence-corrected chi connectivity index (χ3v) is 3.91. The van der Waals surface area contributed by atoms with Crippen LogP contribution in [0.4, 0.5) is 0 Å². The van der Waals surface area contributed by atoms with Crippen molar-refractivity contribution in [1.82, 2.24) is 5.32 Å². The van der Waals surface area contributed by atoms with Gasteiger partial charge in [-0.05, 0) is 41.8 Å². The highest BCUT2D eigenvalue weighted by atomic mass is 14.9. The summed E-state index contributed by atoms with van der Waals surface area (Å²) < 4.78 is 0. The van der Waals surface area contributed by atoms with Crippen molar-refractivity contribution < 1.29 is 0 Å². The van der Waals surface area contributed by atoms with Gasteiger partial charge < -0.3 is 5.32 Å². The van der Waals surface area contributed by atoms with E-state index in [1.807, 2.05) is 0 Å². The average Bonchev–Trinajstić information content (AvgIpc) is 2.34. The van der Waals surface area contributed by atoms with Crippen molar-refractivity contribution in [3.8, 4) is 0 Å². The summed E-state index contributed by atoms with van der Waals surface area (Å²) in [6.07, 6.45) is 1.12. The van der Waals surface area contributed by atoms with Crippen molar-refractivity contribution in [2.24, 2.45) is 17.8 Å². The Morgan fingerprint density at radius 3 is 2.00 bits per heavy atom. The van der Waals surface area contributed by atoms with Crippen molar-refractivity contribution in [1.29, 1.82) is 0 Å². The third-order valence-electron chi connectivity index (χ3n) is 3.91. The first-order valence-electron chi connectivity index (χ1n) is 7.33. The molecular weight excluding hydrogens is 218 g/mol. The van der Waals surface area contributed by atoms with Crippen LogP contribution in [-0.2, 0) is 13.0 Å². The Morgan fingerprint density at radius 1 is 0.944 bits per heavy atom. The Balaban J connectivity index is 2.50. The molecule has 0 radical (unpaired) electrons. The zero-order chi connectivity index (χ0) is 13.5. The minimum absolute atomic E-state index is 0.749. The van der Waals surface area contributed by atoms with E-state index in [4.69, 9.17) is 0 Å². The summed E-state index contributed by atoms with van der Waals surface area (Å²) in [6.45, 7) is 13.6. The van der Waals surface area contributed by atoms with Gasteiger partial charge in [0.25, 0.3) is 0 Å².